The van der Waals surface area contributed by atoms with Crippen LogP contribution in [0.4, 0.5) is 4.79 Å². The summed E-state index contributed by atoms with van der Waals surface area (Å²) >= 11 is 0. The van der Waals surface area contributed by atoms with Crippen molar-refractivity contribution in [3.63, 3.8) is 0 Å². The molecule has 2 fully saturated rings. The Morgan fingerprint density at radius 3 is 2.95 bits per heavy atom. The SMILES string of the molecule is CN(Cc1ccccc1)C(=O)N1CCC[C@H]2CNC[C@H]21. The van der Waals surface area contributed by atoms with Crippen molar-refractivity contribution in [3.05, 3.63) is 35.9 Å². The molecule has 0 aliphatic carbocycles. The Kier molecular flexibility index (Phi) is 3.92. The van der Waals surface area contributed by atoms with E-state index >= 15 is 0 Å². The molecule has 0 spiro atoms. The zero-order valence-electron chi connectivity index (χ0n) is 12.1. The molecule has 2 heterocycles. The molecule has 0 saturated carbocycles. The number of fused-ring (bicyclic) bond motifs is 1. The van der Waals surface area contributed by atoms with Gasteiger partial charge in [-0.2, -0.15) is 0 Å². The first-order valence-electron chi connectivity index (χ1n) is 7.52. The first kappa shape index (κ1) is 13.4. The van der Waals surface area contributed by atoms with Crippen molar-refractivity contribution < 1.29 is 4.79 Å². The minimum atomic E-state index is 0.173. The second-order valence-electron chi connectivity index (χ2n) is 5.95. The van der Waals surface area contributed by atoms with E-state index in [-0.39, 0.29) is 6.03 Å². The van der Waals surface area contributed by atoms with Gasteiger partial charge in [-0.25, -0.2) is 4.79 Å². The van der Waals surface area contributed by atoms with Crippen LogP contribution in [0.5, 0.6) is 0 Å². The van der Waals surface area contributed by atoms with E-state index in [0.717, 1.165) is 26.1 Å². The third-order valence-electron chi connectivity index (χ3n) is 4.51. The van der Waals surface area contributed by atoms with Gasteiger partial charge in [-0.05, 0) is 24.3 Å². The molecule has 3 rings (SSSR count). The standard InChI is InChI=1S/C16H23N3O/c1-18(12-13-6-3-2-4-7-13)16(20)19-9-5-8-14-10-17-11-15(14)19/h2-4,6-7,14-15,17H,5,8-12H2,1H3/t14-,15+/m0/s1. The molecule has 2 aliphatic heterocycles. The lowest BCUT2D eigenvalue weighted by Gasteiger charge is -2.39. The average Bonchev–Trinajstić information content (AvgIpc) is 2.96. The summed E-state index contributed by atoms with van der Waals surface area (Å²) in [6.45, 7) is 3.61. The molecule has 1 aromatic rings. The number of benzene rings is 1. The summed E-state index contributed by atoms with van der Waals surface area (Å²) < 4.78 is 0. The third-order valence-corrected chi connectivity index (χ3v) is 4.51. The quantitative estimate of drug-likeness (QED) is 0.893. The highest BCUT2D eigenvalue weighted by Gasteiger charge is 2.38. The summed E-state index contributed by atoms with van der Waals surface area (Å²) in [5.74, 6) is 0.651. The van der Waals surface area contributed by atoms with E-state index in [4.69, 9.17) is 0 Å². The Morgan fingerprint density at radius 2 is 2.15 bits per heavy atom. The molecular formula is C16H23N3O. The number of hydrogen-bond acceptors (Lipinski definition) is 2. The second kappa shape index (κ2) is 5.83. The largest absolute Gasteiger partial charge is 0.323 e. The van der Waals surface area contributed by atoms with Crippen molar-refractivity contribution in [2.75, 3.05) is 26.7 Å². The van der Waals surface area contributed by atoms with Crippen LogP contribution in [0.1, 0.15) is 18.4 Å². The van der Waals surface area contributed by atoms with Crippen LogP contribution < -0.4 is 5.32 Å². The predicted octanol–water partition coefficient (Wildman–Crippen LogP) is 1.92. The Bertz CT molecular complexity index is 462. The van der Waals surface area contributed by atoms with E-state index < -0.39 is 0 Å². The van der Waals surface area contributed by atoms with Crippen molar-refractivity contribution in [2.24, 2.45) is 5.92 Å². The molecule has 2 amide bonds. The molecule has 20 heavy (non-hydrogen) atoms. The van der Waals surface area contributed by atoms with E-state index in [1.54, 1.807) is 0 Å². The van der Waals surface area contributed by atoms with Gasteiger partial charge in [0.2, 0.25) is 0 Å². The Morgan fingerprint density at radius 1 is 1.35 bits per heavy atom. The van der Waals surface area contributed by atoms with Crippen LogP contribution in [-0.2, 0) is 6.54 Å². The highest BCUT2D eigenvalue weighted by Crippen LogP contribution is 2.27. The predicted molar refractivity (Wildman–Crippen MR) is 79.4 cm³/mol. The van der Waals surface area contributed by atoms with Crippen molar-refractivity contribution in [1.29, 1.82) is 0 Å². The molecule has 0 radical (unpaired) electrons. The molecule has 1 N–H and O–H groups in total. The number of carbonyl (C=O) groups excluding carboxylic acids is 1. The molecule has 2 atom stereocenters. The lowest BCUT2D eigenvalue weighted by atomic mass is 9.92. The van der Waals surface area contributed by atoms with Gasteiger partial charge in [-0.1, -0.05) is 30.3 Å². The number of nitrogens with one attached hydrogen (secondary N) is 1. The maximum absolute atomic E-state index is 12.7. The van der Waals surface area contributed by atoms with Crippen LogP contribution >= 0.6 is 0 Å². The highest BCUT2D eigenvalue weighted by atomic mass is 16.2. The number of carbonyl (C=O) groups is 1. The lowest BCUT2D eigenvalue weighted by Crippen LogP contribution is -2.52. The summed E-state index contributed by atoms with van der Waals surface area (Å²) in [6.07, 6.45) is 2.39. The fourth-order valence-electron chi connectivity index (χ4n) is 3.45. The van der Waals surface area contributed by atoms with E-state index in [1.165, 1.54) is 12.0 Å². The third kappa shape index (κ3) is 2.66. The fraction of sp³-hybridized carbons (Fsp3) is 0.562. The minimum Gasteiger partial charge on any atom is -0.323 e. The van der Waals surface area contributed by atoms with Gasteiger partial charge >= 0.3 is 6.03 Å². The van der Waals surface area contributed by atoms with Crippen molar-refractivity contribution >= 4 is 6.03 Å². The average molecular weight is 273 g/mol. The molecule has 0 unspecified atom stereocenters. The van der Waals surface area contributed by atoms with Gasteiger partial charge in [0.25, 0.3) is 0 Å². The lowest BCUT2D eigenvalue weighted by molar-refractivity contribution is 0.110. The van der Waals surface area contributed by atoms with Crippen LogP contribution in [0.25, 0.3) is 0 Å². The Labute approximate surface area is 120 Å². The molecule has 2 saturated heterocycles. The zero-order valence-corrected chi connectivity index (χ0v) is 12.1. The molecule has 4 nitrogen and oxygen atoms in total. The number of urea groups is 1. The number of rotatable bonds is 2. The van der Waals surface area contributed by atoms with Crippen molar-refractivity contribution in [2.45, 2.75) is 25.4 Å². The van der Waals surface area contributed by atoms with Crippen LogP contribution in [0.3, 0.4) is 0 Å². The summed E-state index contributed by atoms with van der Waals surface area (Å²) in [7, 11) is 1.90. The molecule has 0 aromatic heterocycles. The van der Waals surface area contributed by atoms with Crippen LogP contribution in [0.15, 0.2) is 30.3 Å². The van der Waals surface area contributed by atoms with Gasteiger partial charge in [-0.15, -0.1) is 0 Å². The normalized spacial score (nSPS) is 25.4. The number of amides is 2. The Balaban J connectivity index is 1.65. The minimum absolute atomic E-state index is 0.173. The summed E-state index contributed by atoms with van der Waals surface area (Å²) in [5, 5.41) is 3.43. The van der Waals surface area contributed by atoms with Gasteiger partial charge in [0.1, 0.15) is 0 Å². The fourth-order valence-corrected chi connectivity index (χ4v) is 3.45. The number of piperidine rings is 1. The monoisotopic (exact) mass is 273 g/mol. The summed E-state index contributed by atoms with van der Waals surface area (Å²) in [5.41, 5.74) is 1.18. The molecular weight excluding hydrogens is 250 g/mol. The molecule has 4 heteroatoms. The highest BCUT2D eigenvalue weighted by molar-refractivity contribution is 5.74. The maximum Gasteiger partial charge on any atom is 0.320 e. The van der Waals surface area contributed by atoms with Crippen molar-refractivity contribution in [3.8, 4) is 0 Å². The Hall–Kier alpha value is -1.55. The molecule has 108 valence electrons. The number of likely N-dealkylation sites (tertiary alicyclic amines) is 1. The summed E-state index contributed by atoms with van der Waals surface area (Å²) in [4.78, 5) is 16.6. The molecule has 2 aliphatic rings. The van der Waals surface area contributed by atoms with Gasteiger partial charge in [0.15, 0.2) is 0 Å². The van der Waals surface area contributed by atoms with Crippen LogP contribution in [0.2, 0.25) is 0 Å². The number of nitrogens with zero attached hydrogens (tertiary/aromatic N) is 2. The van der Waals surface area contributed by atoms with E-state index in [2.05, 4.69) is 22.3 Å². The first-order valence-corrected chi connectivity index (χ1v) is 7.52. The van der Waals surface area contributed by atoms with Crippen LogP contribution in [0, 0.1) is 5.92 Å². The molecule has 0 bridgehead atoms. The molecule has 1 aromatic carbocycles. The topological polar surface area (TPSA) is 35.6 Å². The summed E-state index contributed by atoms with van der Waals surface area (Å²) in [6, 6.07) is 10.8. The zero-order chi connectivity index (χ0) is 13.9. The van der Waals surface area contributed by atoms with Crippen LogP contribution in [-0.4, -0.2) is 48.6 Å². The second-order valence-corrected chi connectivity index (χ2v) is 5.95. The van der Waals surface area contributed by atoms with Gasteiger partial charge in [0, 0.05) is 39.3 Å². The van der Waals surface area contributed by atoms with E-state index in [9.17, 15) is 4.79 Å². The van der Waals surface area contributed by atoms with E-state index in [1.807, 2.05) is 30.1 Å². The van der Waals surface area contributed by atoms with E-state index in [0.29, 0.717) is 18.5 Å². The van der Waals surface area contributed by atoms with Gasteiger partial charge in [0.05, 0.1) is 0 Å². The van der Waals surface area contributed by atoms with Gasteiger partial charge < -0.3 is 15.1 Å². The number of hydrogen-bond donors (Lipinski definition) is 1. The van der Waals surface area contributed by atoms with Gasteiger partial charge in [-0.3, -0.25) is 0 Å². The first-order chi connectivity index (χ1) is 9.75. The van der Waals surface area contributed by atoms with Crippen molar-refractivity contribution in [1.82, 2.24) is 15.1 Å². The maximum atomic E-state index is 12.7. The smallest absolute Gasteiger partial charge is 0.320 e.